The second kappa shape index (κ2) is 7.69. The van der Waals surface area contributed by atoms with Crippen LogP contribution >= 0.6 is 0 Å². The number of pyridine rings is 1. The first kappa shape index (κ1) is 17.5. The summed E-state index contributed by atoms with van der Waals surface area (Å²) >= 11 is 0. The molecule has 2 N–H and O–H groups in total. The van der Waals surface area contributed by atoms with Gasteiger partial charge in [-0.25, -0.2) is 18.2 Å². The number of anilines is 2. The molecule has 1 heterocycles. The molecule has 1 aromatic heterocycles. The Bertz CT molecular complexity index is 930. The number of amides is 1. The lowest BCUT2D eigenvalue weighted by Gasteiger charge is -2.08. The zero-order chi connectivity index (χ0) is 18.5. The number of hydrogen-bond acceptors (Lipinski definition) is 3. The Kier molecular flexibility index (Phi) is 5.17. The number of nitrogens with zero attached hydrogens (tertiary/aromatic N) is 1. The molecular weight excluding hydrogens is 343 g/mol. The minimum atomic E-state index is -1.05. The third kappa shape index (κ3) is 4.18. The molecule has 3 rings (SSSR count). The van der Waals surface area contributed by atoms with E-state index in [1.54, 1.807) is 24.3 Å². The van der Waals surface area contributed by atoms with Crippen molar-refractivity contribution in [2.24, 2.45) is 0 Å². The van der Waals surface area contributed by atoms with E-state index in [9.17, 15) is 18.0 Å². The lowest BCUT2D eigenvalue weighted by Crippen LogP contribution is -2.14. The van der Waals surface area contributed by atoms with Crippen molar-refractivity contribution in [2.75, 3.05) is 10.6 Å². The molecule has 1 amide bonds. The topological polar surface area (TPSA) is 54.0 Å². The maximum Gasteiger partial charge on any atom is 0.274 e. The van der Waals surface area contributed by atoms with Crippen LogP contribution in [0.2, 0.25) is 0 Å². The van der Waals surface area contributed by atoms with Crippen LogP contribution in [0, 0.1) is 17.5 Å². The van der Waals surface area contributed by atoms with Crippen LogP contribution in [0.1, 0.15) is 16.1 Å². The van der Waals surface area contributed by atoms with Gasteiger partial charge in [-0.05, 0) is 30.3 Å². The zero-order valence-corrected chi connectivity index (χ0v) is 13.5. The summed E-state index contributed by atoms with van der Waals surface area (Å²) < 4.78 is 39.6. The van der Waals surface area contributed by atoms with E-state index in [4.69, 9.17) is 0 Å². The Morgan fingerprint density at radius 2 is 1.65 bits per heavy atom. The number of carbonyl (C=O) groups excluding carboxylic acids is 1. The van der Waals surface area contributed by atoms with E-state index >= 15 is 0 Å². The number of rotatable bonds is 5. The highest BCUT2D eigenvalue weighted by Gasteiger charge is 2.10. The van der Waals surface area contributed by atoms with Crippen LogP contribution in [0.5, 0.6) is 0 Å². The van der Waals surface area contributed by atoms with E-state index < -0.39 is 17.5 Å². The van der Waals surface area contributed by atoms with Crippen molar-refractivity contribution < 1.29 is 18.0 Å². The summed E-state index contributed by atoms with van der Waals surface area (Å²) in [4.78, 5) is 16.1. The van der Waals surface area contributed by atoms with E-state index in [1.165, 1.54) is 24.4 Å². The van der Waals surface area contributed by atoms with E-state index in [0.717, 1.165) is 12.1 Å². The SMILES string of the molecule is O=C(Nc1ccc(F)c(F)c1)c1ccc(NCc2ccccc2F)cn1. The minimum Gasteiger partial charge on any atom is -0.380 e. The summed E-state index contributed by atoms with van der Waals surface area (Å²) in [5.41, 5.74) is 1.34. The summed E-state index contributed by atoms with van der Waals surface area (Å²) in [5, 5.41) is 5.44. The minimum absolute atomic E-state index is 0.103. The molecule has 0 aliphatic heterocycles. The van der Waals surface area contributed by atoms with Crippen molar-refractivity contribution >= 4 is 17.3 Å². The highest BCUT2D eigenvalue weighted by molar-refractivity contribution is 6.02. The highest BCUT2D eigenvalue weighted by Crippen LogP contribution is 2.15. The first-order valence-corrected chi connectivity index (χ1v) is 7.72. The third-order valence-corrected chi connectivity index (χ3v) is 3.61. The van der Waals surface area contributed by atoms with Crippen LogP contribution in [0.25, 0.3) is 0 Å². The van der Waals surface area contributed by atoms with Crippen molar-refractivity contribution in [1.29, 1.82) is 0 Å². The monoisotopic (exact) mass is 357 g/mol. The molecule has 0 radical (unpaired) electrons. The lowest BCUT2D eigenvalue weighted by molar-refractivity contribution is 0.102. The Labute approximate surface area is 147 Å². The molecule has 26 heavy (non-hydrogen) atoms. The third-order valence-electron chi connectivity index (χ3n) is 3.61. The van der Waals surface area contributed by atoms with Gasteiger partial charge in [0.1, 0.15) is 11.5 Å². The fraction of sp³-hybridized carbons (Fsp3) is 0.0526. The van der Waals surface area contributed by atoms with Crippen LogP contribution in [0.15, 0.2) is 60.8 Å². The van der Waals surface area contributed by atoms with Crippen LogP contribution < -0.4 is 10.6 Å². The molecule has 0 fully saturated rings. The van der Waals surface area contributed by atoms with Crippen LogP contribution in [-0.2, 0) is 6.54 Å². The second-order valence-electron chi connectivity index (χ2n) is 5.46. The number of halogens is 3. The Morgan fingerprint density at radius 3 is 2.35 bits per heavy atom. The Balaban J connectivity index is 1.62. The van der Waals surface area contributed by atoms with Gasteiger partial charge in [0.15, 0.2) is 11.6 Å². The molecule has 0 unspecified atom stereocenters. The van der Waals surface area contributed by atoms with Crippen molar-refractivity contribution in [3.63, 3.8) is 0 Å². The standard InChI is InChI=1S/C19H14F3N3O/c20-15-4-2-1-3-12(15)10-23-14-6-8-18(24-11-14)19(26)25-13-5-7-16(21)17(22)9-13/h1-9,11,23H,10H2,(H,25,26). The smallest absolute Gasteiger partial charge is 0.274 e. The molecule has 0 atom stereocenters. The first-order valence-electron chi connectivity index (χ1n) is 7.72. The molecule has 4 nitrogen and oxygen atoms in total. The average Bonchev–Trinajstić information content (AvgIpc) is 2.64. The fourth-order valence-corrected chi connectivity index (χ4v) is 2.24. The lowest BCUT2D eigenvalue weighted by atomic mass is 10.2. The number of carbonyl (C=O) groups is 1. The van der Waals surface area contributed by atoms with Gasteiger partial charge in [0.2, 0.25) is 0 Å². The molecule has 0 bridgehead atoms. The number of nitrogens with one attached hydrogen (secondary N) is 2. The van der Waals surface area contributed by atoms with Gasteiger partial charge >= 0.3 is 0 Å². The van der Waals surface area contributed by atoms with Crippen molar-refractivity contribution in [3.05, 3.63) is 89.5 Å². The van der Waals surface area contributed by atoms with Crippen molar-refractivity contribution in [3.8, 4) is 0 Å². The molecule has 2 aromatic carbocycles. The van der Waals surface area contributed by atoms with Crippen LogP contribution in [-0.4, -0.2) is 10.9 Å². The Hall–Kier alpha value is -3.35. The number of hydrogen-bond donors (Lipinski definition) is 2. The summed E-state index contributed by atoms with van der Waals surface area (Å²) in [6.45, 7) is 0.273. The van der Waals surface area contributed by atoms with Gasteiger partial charge in [0.25, 0.3) is 5.91 Å². The van der Waals surface area contributed by atoms with Gasteiger partial charge in [-0.2, -0.15) is 0 Å². The normalized spacial score (nSPS) is 10.4. The van der Waals surface area contributed by atoms with Crippen LogP contribution in [0.4, 0.5) is 24.5 Å². The summed E-state index contributed by atoms with van der Waals surface area (Å²) in [5.74, 6) is -2.91. The second-order valence-corrected chi connectivity index (χ2v) is 5.46. The molecule has 0 saturated heterocycles. The predicted octanol–water partition coefficient (Wildman–Crippen LogP) is 4.36. The Morgan fingerprint density at radius 1 is 0.885 bits per heavy atom. The molecular formula is C19H14F3N3O. The molecule has 0 spiro atoms. The van der Waals surface area contributed by atoms with Gasteiger partial charge in [0, 0.05) is 23.9 Å². The van der Waals surface area contributed by atoms with Gasteiger partial charge in [0.05, 0.1) is 11.9 Å². The molecule has 3 aromatic rings. The van der Waals surface area contributed by atoms with Crippen molar-refractivity contribution in [2.45, 2.75) is 6.54 Å². The van der Waals surface area contributed by atoms with E-state index in [0.29, 0.717) is 11.3 Å². The summed E-state index contributed by atoms with van der Waals surface area (Å²) in [6, 6.07) is 12.5. The largest absolute Gasteiger partial charge is 0.380 e. The number of aromatic nitrogens is 1. The fourth-order valence-electron chi connectivity index (χ4n) is 2.24. The average molecular weight is 357 g/mol. The maximum absolute atomic E-state index is 13.6. The maximum atomic E-state index is 13.6. The highest BCUT2D eigenvalue weighted by atomic mass is 19.2. The van der Waals surface area contributed by atoms with Gasteiger partial charge < -0.3 is 10.6 Å². The molecule has 0 aliphatic rings. The van der Waals surface area contributed by atoms with E-state index in [1.807, 2.05) is 0 Å². The number of benzene rings is 2. The molecule has 0 aliphatic carbocycles. The van der Waals surface area contributed by atoms with Gasteiger partial charge in [-0.15, -0.1) is 0 Å². The van der Waals surface area contributed by atoms with Crippen molar-refractivity contribution in [1.82, 2.24) is 4.98 Å². The van der Waals surface area contributed by atoms with Gasteiger partial charge in [-0.3, -0.25) is 4.79 Å². The first-order chi connectivity index (χ1) is 12.5. The quantitative estimate of drug-likeness (QED) is 0.713. The molecule has 7 heteroatoms. The zero-order valence-electron chi connectivity index (χ0n) is 13.5. The van der Waals surface area contributed by atoms with Gasteiger partial charge in [-0.1, -0.05) is 18.2 Å². The summed E-state index contributed by atoms with van der Waals surface area (Å²) in [7, 11) is 0. The predicted molar refractivity (Wildman–Crippen MR) is 92.3 cm³/mol. The molecule has 0 saturated carbocycles. The molecule has 132 valence electrons. The van der Waals surface area contributed by atoms with E-state index in [-0.39, 0.29) is 23.7 Å². The van der Waals surface area contributed by atoms with E-state index in [2.05, 4.69) is 15.6 Å². The van der Waals surface area contributed by atoms with Crippen LogP contribution in [0.3, 0.4) is 0 Å². The summed E-state index contributed by atoms with van der Waals surface area (Å²) in [6.07, 6.45) is 1.43.